The molecule has 0 radical (unpaired) electrons. The maximum absolute atomic E-state index is 4.44. The molecule has 1 aromatic rings. The van der Waals surface area contributed by atoms with E-state index in [0.29, 0.717) is 0 Å². The zero-order valence-electron chi connectivity index (χ0n) is 9.07. The zero-order valence-corrected chi connectivity index (χ0v) is 9.89. The molecule has 15 heavy (non-hydrogen) atoms. The molecule has 1 aliphatic rings. The Bertz CT molecular complexity index is 310. The summed E-state index contributed by atoms with van der Waals surface area (Å²) in [6, 6.07) is 0. The van der Waals surface area contributed by atoms with E-state index in [9.17, 15) is 0 Å². The number of nitrogens with zero attached hydrogens (tertiary/aromatic N) is 2. The molecule has 0 atom stereocenters. The topological polar surface area (TPSA) is 37.8 Å². The second-order valence-electron chi connectivity index (χ2n) is 3.95. The van der Waals surface area contributed by atoms with Gasteiger partial charge in [-0.1, -0.05) is 12.8 Å². The summed E-state index contributed by atoms with van der Waals surface area (Å²) < 4.78 is 0. The number of hydrogen-bond acceptors (Lipinski definition) is 4. The van der Waals surface area contributed by atoms with Gasteiger partial charge in [-0.2, -0.15) is 0 Å². The van der Waals surface area contributed by atoms with E-state index in [4.69, 9.17) is 0 Å². The molecular weight excluding hydrogens is 206 g/mol. The van der Waals surface area contributed by atoms with Crippen molar-refractivity contribution in [3.05, 3.63) is 12.4 Å². The number of rotatable bonds is 4. The number of nitrogens with one attached hydrogen (secondary N) is 1. The van der Waals surface area contributed by atoms with Gasteiger partial charge in [-0.15, -0.1) is 11.8 Å². The summed E-state index contributed by atoms with van der Waals surface area (Å²) in [6.45, 7) is 0. The minimum absolute atomic E-state index is 0.853. The standard InChI is InChI=1S/C11H17N3S/c1-12-10-6-13-7-11(14-10)15-8-9-4-2-3-5-9/h6-7,9H,2-5,8H2,1H3,(H,12,14). The van der Waals surface area contributed by atoms with E-state index in [0.717, 1.165) is 16.8 Å². The van der Waals surface area contributed by atoms with Crippen LogP contribution in [0.4, 0.5) is 5.82 Å². The Labute approximate surface area is 95.1 Å². The lowest BCUT2D eigenvalue weighted by Gasteiger charge is -2.07. The Morgan fingerprint density at radius 3 is 2.93 bits per heavy atom. The molecule has 2 rings (SSSR count). The van der Waals surface area contributed by atoms with Crippen molar-refractivity contribution >= 4 is 17.6 Å². The summed E-state index contributed by atoms with van der Waals surface area (Å²) in [5.74, 6) is 2.95. The molecule has 0 spiro atoms. The van der Waals surface area contributed by atoms with Gasteiger partial charge in [0.1, 0.15) is 10.8 Å². The Kier molecular flexibility index (Phi) is 3.83. The van der Waals surface area contributed by atoms with E-state index in [-0.39, 0.29) is 0 Å². The van der Waals surface area contributed by atoms with Crippen molar-refractivity contribution < 1.29 is 0 Å². The van der Waals surface area contributed by atoms with Crippen molar-refractivity contribution in [2.45, 2.75) is 30.7 Å². The van der Waals surface area contributed by atoms with Crippen LogP contribution in [0.15, 0.2) is 17.4 Å². The first-order valence-corrected chi connectivity index (χ1v) is 6.49. The fraction of sp³-hybridized carbons (Fsp3) is 0.636. The molecule has 1 saturated carbocycles. The largest absolute Gasteiger partial charge is 0.372 e. The van der Waals surface area contributed by atoms with Crippen LogP contribution in [-0.2, 0) is 0 Å². The third-order valence-electron chi connectivity index (χ3n) is 2.81. The average Bonchev–Trinajstić information content (AvgIpc) is 2.79. The van der Waals surface area contributed by atoms with Crippen molar-refractivity contribution in [2.75, 3.05) is 18.1 Å². The molecule has 0 aliphatic heterocycles. The summed E-state index contributed by atoms with van der Waals surface area (Å²) in [7, 11) is 1.87. The van der Waals surface area contributed by atoms with Crippen LogP contribution in [0.2, 0.25) is 0 Å². The van der Waals surface area contributed by atoms with Gasteiger partial charge < -0.3 is 5.32 Å². The minimum atomic E-state index is 0.853. The molecule has 0 amide bonds. The first-order chi connectivity index (χ1) is 7.38. The monoisotopic (exact) mass is 223 g/mol. The van der Waals surface area contributed by atoms with Crippen LogP contribution in [0.5, 0.6) is 0 Å². The lowest BCUT2D eigenvalue weighted by Crippen LogP contribution is -1.98. The van der Waals surface area contributed by atoms with Gasteiger partial charge in [0, 0.05) is 12.8 Å². The highest BCUT2D eigenvalue weighted by atomic mass is 32.2. The number of anilines is 1. The normalized spacial score (nSPS) is 16.9. The van der Waals surface area contributed by atoms with E-state index in [1.54, 1.807) is 6.20 Å². The van der Waals surface area contributed by atoms with Gasteiger partial charge >= 0.3 is 0 Å². The summed E-state index contributed by atoms with van der Waals surface area (Å²) >= 11 is 1.83. The van der Waals surface area contributed by atoms with Gasteiger partial charge in [0.05, 0.1) is 12.4 Å². The minimum Gasteiger partial charge on any atom is -0.372 e. The summed E-state index contributed by atoms with van der Waals surface area (Å²) in [5.41, 5.74) is 0. The third kappa shape index (κ3) is 3.09. The molecule has 0 aromatic carbocycles. The highest BCUT2D eigenvalue weighted by Crippen LogP contribution is 2.30. The summed E-state index contributed by atoms with van der Waals surface area (Å²) in [6.07, 6.45) is 9.21. The number of hydrogen-bond donors (Lipinski definition) is 1. The van der Waals surface area contributed by atoms with Crippen molar-refractivity contribution in [1.82, 2.24) is 9.97 Å². The third-order valence-corrected chi connectivity index (χ3v) is 3.94. The molecule has 1 heterocycles. The molecule has 3 nitrogen and oxygen atoms in total. The maximum atomic E-state index is 4.44. The molecule has 1 aliphatic carbocycles. The lowest BCUT2D eigenvalue weighted by molar-refractivity contribution is 0.623. The summed E-state index contributed by atoms with van der Waals surface area (Å²) in [5, 5.41) is 4.04. The smallest absolute Gasteiger partial charge is 0.145 e. The predicted octanol–water partition coefficient (Wildman–Crippen LogP) is 2.80. The SMILES string of the molecule is CNc1cncc(SCC2CCCC2)n1. The molecule has 1 aromatic heterocycles. The molecular formula is C11H17N3S. The number of aromatic nitrogens is 2. The van der Waals surface area contributed by atoms with E-state index in [1.807, 2.05) is 25.0 Å². The average molecular weight is 223 g/mol. The Morgan fingerprint density at radius 1 is 1.40 bits per heavy atom. The molecule has 0 unspecified atom stereocenters. The van der Waals surface area contributed by atoms with Crippen LogP contribution in [0.25, 0.3) is 0 Å². The Balaban J connectivity index is 1.86. The molecule has 4 heteroatoms. The van der Waals surface area contributed by atoms with Gasteiger partial charge in [-0.25, -0.2) is 4.98 Å². The Hall–Kier alpha value is -0.770. The molecule has 1 N–H and O–H groups in total. The maximum Gasteiger partial charge on any atom is 0.145 e. The van der Waals surface area contributed by atoms with Crippen molar-refractivity contribution in [3.8, 4) is 0 Å². The van der Waals surface area contributed by atoms with Crippen LogP contribution in [-0.4, -0.2) is 22.8 Å². The van der Waals surface area contributed by atoms with Crippen molar-refractivity contribution in [2.24, 2.45) is 5.92 Å². The van der Waals surface area contributed by atoms with Crippen LogP contribution < -0.4 is 5.32 Å². The molecule has 0 saturated heterocycles. The zero-order chi connectivity index (χ0) is 10.5. The highest BCUT2D eigenvalue weighted by Gasteiger charge is 2.15. The van der Waals surface area contributed by atoms with E-state index in [1.165, 1.54) is 31.4 Å². The van der Waals surface area contributed by atoms with E-state index >= 15 is 0 Å². The highest BCUT2D eigenvalue weighted by molar-refractivity contribution is 7.99. The first kappa shape index (κ1) is 10.7. The van der Waals surface area contributed by atoms with E-state index < -0.39 is 0 Å². The van der Waals surface area contributed by atoms with Crippen LogP contribution in [0.3, 0.4) is 0 Å². The fourth-order valence-electron chi connectivity index (χ4n) is 1.92. The van der Waals surface area contributed by atoms with E-state index in [2.05, 4.69) is 15.3 Å². The predicted molar refractivity (Wildman–Crippen MR) is 64.3 cm³/mol. The van der Waals surface area contributed by atoms with Crippen LogP contribution >= 0.6 is 11.8 Å². The molecule has 82 valence electrons. The van der Waals surface area contributed by atoms with Gasteiger partial charge in [0.25, 0.3) is 0 Å². The van der Waals surface area contributed by atoms with Gasteiger partial charge in [-0.3, -0.25) is 4.98 Å². The van der Waals surface area contributed by atoms with Crippen LogP contribution in [0, 0.1) is 5.92 Å². The molecule has 0 bridgehead atoms. The fourth-order valence-corrected chi connectivity index (χ4v) is 2.96. The first-order valence-electron chi connectivity index (χ1n) is 5.51. The van der Waals surface area contributed by atoms with Crippen molar-refractivity contribution in [1.29, 1.82) is 0 Å². The van der Waals surface area contributed by atoms with Gasteiger partial charge in [-0.05, 0) is 18.8 Å². The summed E-state index contributed by atoms with van der Waals surface area (Å²) in [4.78, 5) is 8.60. The molecule has 1 fully saturated rings. The Morgan fingerprint density at radius 2 is 2.20 bits per heavy atom. The van der Waals surface area contributed by atoms with Crippen LogP contribution in [0.1, 0.15) is 25.7 Å². The van der Waals surface area contributed by atoms with Gasteiger partial charge in [0.15, 0.2) is 0 Å². The number of thioether (sulfide) groups is 1. The van der Waals surface area contributed by atoms with Crippen molar-refractivity contribution in [3.63, 3.8) is 0 Å². The second-order valence-corrected chi connectivity index (χ2v) is 4.99. The second kappa shape index (κ2) is 5.35. The quantitative estimate of drug-likeness (QED) is 0.797. The lowest BCUT2D eigenvalue weighted by atomic mass is 10.1. The van der Waals surface area contributed by atoms with Gasteiger partial charge in [0.2, 0.25) is 0 Å².